The molecule has 0 radical (unpaired) electrons. The lowest BCUT2D eigenvalue weighted by Crippen LogP contribution is -2.55. The smallest absolute Gasteiger partial charge is 0.425 e. The van der Waals surface area contributed by atoms with Crippen molar-refractivity contribution in [2.24, 2.45) is 0 Å². The van der Waals surface area contributed by atoms with E-state index in [4.69, 9.17) is 25.8 Å². The highest BCUT2D eigenvalue weighted by Crippen LogP contribution is 2.46. The Bertz CT molecular complexity index is 1290. The van der Waals surface area contributed by atoms with Crippen LogP contribution in [0.4, 0.5) is 32.2 Å². The van der Waals surface area contributed by atoms with Gasteiger partial charge in [-0.25, -0.2) is 10.1 Å². The number of carbonyl (C=O) groups is 1. The van der Waals surface area contributed by atoms with Crippen LogP contribution < -0.4 is 19.9 Å². The molecule has 0 unspecified atom stereocenters. The number of nitrogens with one attached hydrogen (secondary N) is 1. The molecule has 1 fully saturated rings. The molecule has 0 aliphatic carbocycles. The molecule has 2 aromatic rings. The highest BCUT2D eigenvalue weighted by atomic mass is 35.5. The van der Waals surface area contributed by atoms with Gasteiger partial charge in [-0.1, -0.05) is 11.6 Å². The Labute approximate surface area is 228 Å². The number of alkyl halides is 6. The summed E-state index contributed by atoms with van der Waals surface area (Å²) in [5.41, 5.74) is -4.03. The number of H-pyrrole nitrogens is 1. The maximum absolute atomic E-state index is 13.6. The van der Waals surface area contributed by atoms with E-state index in [2.05, 4.69) is 10.1 Å². The molecule has 0 aromatic carbocycles. The Morgan fingerprint density at radius 3 is 2.62 bits per heavy atom. The number of carbonyl (C=O) groups excluding carboxylic acids is 1. The molecule has 2 aliphatic rings. The summed E-state index contributed by atoms with van der Waals surface area (Å²) in [6.45, 7) is 1.84. The zero-order valence-electron chi connectivity index (χ0n) is 20.9. The molecule has 40 heavy (non-hydrogen) atoms. The number of anilines is 1. The number of pyridine rings is 1. The van der Waals surface area contributed by atoms with E-state index in [9.17, 15) is 35.9 Å². The van der Waals surface area contributed by atoms with E-state index < -0.39 is 51.7 Å². The molecule has 1 saturated heterocycles. The van der Waals surface area contributed by atoms with Gasteiger partial charge in [-0.2, -0.15) is 31.4 Å². The van der Waals surface area contributed by atoms with E-state index >= 15 is 0 Å². The topological polar surface area (TPSA) is 110 Å². The van der Waals surface area contributed by atoms with Gasteiger partial charge in [-0.15, -0.1) is 0 Å². The van der Waals surface area contributed by atoms with Gasteiger partial charge >= 0.3 is 12.4 Å². The lowest BCUT2D eigenvalue weighted by Gasteiger charge is -2.41. The second kappa shape index (κ2) is 11.7. The molecular formula is C23H24ClF6N5O5. The van der Waals surface area contributed by atoms with Crippen LogP contribution in [-0.2, 0) is 21.9 Å². The van der Waals surface area contributed by atoms with E-state index in [1.54, 1.807) is 14.9 Å². The van der Waals surface area contributed by atoms with E-state index in [1.807, 2.05) is 0 Å². The van der Waals surface area contributed by atoms with E-state index in [-0.39, 0.29) is 63.6 Å². The zero-order valence-corrected chi connectivity index (χ0v) is 21.7. The Kier molecular flexibility index (Phi) is 8.68. The van der Waals surface area contributed by atoms with Crippen LogP contribution in [0.3, 0.4) is 0 Å². The third kappa shape index (κ3) is 6.54. The summed E-state index contributed by atoms with van der Waals surface area (Å²) in [4.78, 5) is 31.6. The Morgan fingerprint density at radius 1 is 1.20 bits per heavy atom. The quantitative estimate of drug-likeness (QED) is 0.380. The largest absolute Gasteiger partial charge is 0.489 e. The molecule has 17 heteroatoms. The molecule has 0 bridgehead atoms. The van der Waals surface area contributed by atoms with Crippen molar-refractivity contribution in [1.82, 2.24) is 20.1 Å². The fourth-order valence-electron chi connectivity index (χ4n) is 4.53. The second-order valence-electron chi connectivity index (χ2n) is 9.15. The summed E-state index contributed by atoms with van der Waals surface area (Å²) in [6, 6.07) is -0.339. The molecule has 4 rings (SSSR count). The molecule has 0 spiro atoms. The zero-order chi connectivity index (χ0) is 29.2. The minimum atomic E-state index is -4.95. The Balaban J connectivity index is 1.30. The molecule has 10 nitrogen and oxygen atoms in total. The molecule has 4 heterocycles. The summed E-state index contributed by atoms with van der Waals surface area (Å²) in [7, 11) is 0. The predicted molar refractivity (Wildman–Crippen MR) is 127 cm³/mol. The van der Waals surface area contributed by atoms with Gasteiger partial charge in [0.2, 0.25) is 5.91 Å². The van der Waals surface area contributed by atoms with Gasteiger partial charge in [0.15, 0.2) is 22.9 Å². The number of hydrogen-bond acceptors (Lipinski definition) is 8. The normalized spacial score (nSPS) is 18.4. The maximum Gasteiger partial charge on any atom is 0.425 e. The van der Waals surface area contributed by atoms with Crippen molar-refractivity contribution in [3.8, 4) is 11.5 Å². The third-order valence-corrected chi connectivity index (χ3v) is 6.59. The minimum Gasteiger partial charge on any atom is -0.489 e. The van der Waals surface area contributed by atoms with Crippen molar-refractivity contribution in [2.75, 3.05) is 44.4 Å². The van der Waals surface area contributed by atoms with Crippen molar-refractivity contribution in [3.05, 3.63) is 38.9 Å². The standard InChI is InChI=1S/C23H24ClF6N5O5/c1-12(40-15-9-32-33-21(37)18(15)23(28,29)30)11-38-6-3-16(36)34-4-5-35-13(10-34)2-7-39-19-17(22(25,26)27)14(24)8-31-20(19)35/h8-9,12-13H,2-7,10-11H2,1H3,(H,33,37)/t12-,13+/m0/s1. The first-order valence-electron chi connectivity index (χ1n) is 12.1. The number of ether oxygens (including phenoxy) is 3. The van der Waals surface area contributed by atoms with E-state index in [0.29, 0.717) is 6.42 Å². The van der Waals surface area contributed by atoms with Gasteiger partial charge in [0.05, 0.1) is 43.5 Å². The molecular weight excluding hydrogens is 576 g/mol. The van der Waals surface area contributed by atoms with Crippen LogP contribution in [0.25, 0.3) is 0 Å². The number of amides is 1. The number of piperazine rings is 1. The molecule has 0 saturated carbocycles. The highest BCUT2D eigenvalue weighted by molar-refractivity contribution is 6.31. The van der Waals surface area contributed by atoms with Crippen molar-refractivity contribution in [1.29, 1.82) is 0 Å². The lowest BCUT2D eigenvalue weighted by molar-refractivity contribution is -0.141. The third-order valence-electron chi connectivity index (χ3n) is 6.30. The van der Waals surface area contributed by atoms with Gasteiger partial charge < -0.3 is 24.0 Å². The SMILES string of the molecule is C[C@@H](COCCC(=O)N1CCN2c3ncc(Cl)c(C(F)(F)F)c3OCC[C@@H]2C1)Oc1cn[nH]c(=O)c1C(F)(F)F. The number of aromatic nitrogens is 3. The van der Waals surface area contributed by atoms with Gasteiger partial charge in [0, 0.05) is 32.3 Å². The van der Waals surface area contributed by atoms with Crippen molar-refractivity contribution in [3.63, 3.8) is 0 Å². The second-order valence-corrected chi connectivity index (χ2v) is 9.55. The number of rotatable bonds is 7. The van der Waals surface area contributed by atoms with Crippen molar-refractivity contribution in [2.45, 2.75) is 44.3 Å². The number of nitrogens with zero attached hydrogens (tertiary/aromatic N) is 4. The van der Waals surface area contributed by atoms with Gasteiger partial charge in [0.1, 0.15) is 11.7 Å². The first-order chi connectivity index (χ1) is 18.8. The molecule has 2 aromatic heterocycles. The fraction of sp³-hybridized carbons (Fsp3) is 0.565. The number of hydrogen-bond donors (Lipinski definition) is 1. The minimum absolute atomic E-state index is 0.0212. The summed E-state index contributed by atoms with van der Waals surface area (Å²) in [5, 5.41) is 4.47. The van der Waals surface area contributed by atoms with Crippen LogP contribution in [-0.4, -0.2) is 77.6 Å². The fourth-order valence-corrected chi connectivity index (χ4v) is 4.77. The van der Waals surface area contributed by atoms with Crippen LogP contribution in [0, 0.1) is 0 Å². The van der Waals surface area contributed by atoms with Gasteiger partial charge in [-0.05, 0) is 6.92 Å². The van der Waals surface area contributed by atoms with Crippen LogP contribution in [0.15, 0.2) is 17.2 Å². The molecule has 2 aliphatic heterocycles. The van der Waals surface area contributed by atoms with Crippen LogP contribution >= 0.6 is 11.6 Å². The summed E-state index contributed by atoms with van der Waals surface area (Å²) < 4.78 is 96.3. The van der Waals surface area contributed by atoms with Crippen LogP contribution in [0.1, 0.15) is 30.9 Å². The molecule has 1 amide bonds. The number of aromatic amines is 1. The van der Waals surface area contributed by atoms with Crippen LogP contribution in [0.5, 0.6) is 11.5 Å². The summed E-state index contributed by atoms with van der Waals surface area (Å²) >= 11 is 5.78. The number of halogens is 7. The Morgan fingerprint density at radius 2 is 1.93 bits per heavy atom. The summed E-state index contributed by atoms with van der Waals surface area (Å²) in [5.74, 6) is -1.41. The summed E-state index contributed by atoms with van der Waals surface area (Å²) in [6.07, 6.45) is -8.59. The number of fused-ring (bicyclic) bond motifs is 3. The first-order valence-corrected chi connectivity index (χ1v) is 12.5. The molecule has 1 N–H and O–H groups in total. The maximum atomic E-state index is 13.6. The van der Waals surface area contributed by atoms with Crippen LogP contribution in [0.2, 0.25) is 5.02 Å². The van der Waals surface area contributed by atoms with Crippen molar-refractivity contribution < 1.29 is 45.3 Å². The van der Waals surface area contributed by atoms with Gasteiger partial charge in [0.25, 0.3) is 5.56 Å². The molecule has 220 valence electrons. The molecule has 2 atom stereocenters. The van der Waals surface area contributed by atoms with Crippen molar-refractivity contribution >= 4 is 23.3 Å². The highest BCUT2D eigenvalue weighted by Gasteiger charge is 2.43. The first kappa shape index (κ1) is 29.7. The van der Waals surface area contributed by atoms with E-state index in [1.165, 1.54) is 6.92 Å². The Hall–Kier alpha value is -3.27. The van der Waals surface area contributed by atoms with E-state index in [0.717, 1.165) is 12.4 Å². The monoisotopic (exact) mass is 599 g/mol. The average molecular weight is 600 g/mol. The predicted octanol–water partition coefficient (Wildman–Crippen LogP) is 3.53. The lowest BCUT2D eigenvalue weighted by atomic mass is 10.1. The average Bonchev–Trinajstić information content (AvgIpc) is 3.03. The van der Waals surface area contributed by atoms with Gasteiger partial charge in [-0.3, -0.25) is 9.59 Å².